The van der Waals surface area contributed by atoms with E-state index in [0.29, 0.717) is 16.2 Å². The van der Waals surface area contributed by atoms with Crippen LogP contribution in [-0.4, -0.2) is 36.2 Å². The Kier molecular flexibility index (Phi) is 4.62. The molecule has 0 aromatic carbocycles. The topological polar surface area (TPSA) is 25.4 Å². The molecule has 2 rings (SSSR count). The standard InChI is InChI=1S/C12H16Cl2N2O/c1-17-7-6-16(9-2-3-9)8-11-10(13)4-5-12(14)15-11/h4-5,9H,2-3,6-8H2,1H3. The molecule has 3 nitrogen and oxygen atoms in total. The minimum Gasteiger partial charge on any atom is -0.383 e. The maximum Gasteiger partial charge on any atom is 0.129 e. The average molecular weight is 275 g/mol. The molecule has 1 aliphatic rings. The van der Waals surface area contributed by atoms with Crippen LogP contribution in [0.15, 0.2) is 12.1 Å². The van der Waals surface area contributed by atoms with Gasteiger partial charge >= 0.3 is 0 Å². The summed E-state index contributed by atoms with van der Waals surface area (Å²) in [4.78, 5) is 6.64. The molecule has 0 spiro atoms. The van der Waals surface area contributed by atoms with E-state index in [1.807, 2.05) is 0 Å². The van der Waals surface area contributed by atoms with E-state index < -0.39 is 0 Å². The molecular weight excluding hydrogens is 259 g/mol. The van der Waals surface area contributed by atoms with Gasteiger partial charge in [0.15, 0.2) is 0 Å². The van der Waals surface area contributed by atoms with Crippen LogP contribution in [0.1, 0.15) is 18.5 Å². The molecule has 1 heterocycles. The highest BCUT2D eigenvalue weighted by Gasteiger charge is 2.29. The highest BCUT2D eigenvalue weighted by Crippen LogP contribution is 2.29. The summed E-state index contributed by atoms with van der Waals surface area (Å²) < 4.78 is 5.12. The number of hydrogen-bond acceptors (Lipinski definition) is 3. The predicted molar refractivity (Wildman–Crippen MR) is 69.6 cm³/mol. The fraction of sp³-hybridized carbons (Fsp3) is 0.583. The lowest BCUT2D eigenvalue weighted by Crippen LogP contribution is -2.29. The lowest BCUT2D eigenvalue weighted by atomic mass is 10.3. The normalized spacial score (nSPS) is 15.5. The van der Waals surface area contributed by atoms with Crippen LogP contribution >= 0.6 is 23.2 Å². The summed E-state index contributed by atoms with van der Waals surface area (Å²) in [5.74, 6) is 0. The fourth-order valence-corrected chi connectivity index (χ4v) is 2.13. The van der Waals surface area contributed by atoms with E-state index in [0.717, 1.165) is 25.4 Å². The molecule has 17 heavy (non-hydrogen) atoms. The summed E-state index contributed by atoms with van der Waals surface area (Å²) in [6, 6.07) is 4.17. The summed E-state index contributed by atoms with van der Waals surface area (Å²) in [5.41, 5.74) is 0.849. The molecule has 0 N–H and O–H groups in total. The van der Waals surface area contributed by atoms with Crippen LogP contribution in [0.25, 0.3) is 0 Å². The maximum atomic E-state index is 6.12. The zero-order chi connectivity index (χ0) is 12.3. The first-order valence-electron chi connectivity index (χ1n) is 5.74. The van der Waals surface area contributed by atoms with Gasteiger partial charge in [0, 0.05) is 26.2 Å². The van der Waals surface area contributed by atoms with Crippen LogP contribution in [0.3, 0.4) is 0 Å². The molecule has 1 saturated carbocycles. The molecule has 0 saturated heterocycles. The van der Waals surface area contributed by atoms with Gasteiger partial charge in [0.2, 0.25) is 0 Å². The van der Waals surface area contributed by atoms with Crippen molar-refractivity contribution >= 4 is 23.2 Å². The number of nitrogens with zero attached hydrogens (tertiary/aromatic N) is 2. The molecule has 0 atom stereocenters. The largest absolute Gasteiger partial charge is 0.383 e. The van der Waals surface area contributed by atoms with Crippen molar-refractivity contribution in [3.8, 4) is 0 Å². The van der Waals surface area contributed by atoms with Gasteiger partial charge < -0.3 is 4.74 Å². The van der Waals surface area contributed by atoms with Crippen LogP contribution in [-0.2, 0) is 11.3 Å². The molecule has 0 aliphatic heterocycles. The van der Waals surface area contributed by atoms with Crippen molar-refractivity contribution in [2.75, 3.05) is 20.3 Å². The minimum absolute atomic E-state index is 0.492. The monoisotopic (exact) mass is 274 g/mol. The van der Waals surface area contributed by atoms with Gasteiger partial charge in [-0.1, -0.05) is 23.2 Å². The van der Waals surface area contributed by atoms with Gasteiger partial charge in [0.1, 0.15) is 5.15 Å². The van der Waals surface area contributed by atoms with Gasteiger partial charge in [-0.3, -0.25) is 4.90 Å². The third kappa shape index (κ3) is 3.81. The summed E-state index contributed by atoms with van der Waals surface area (Å²) in [6.45, 7) is 2.38. The Morgan fingerprint density at radius 3 is 2.82 bits per heavy atom. The summed E-state index contributed by atoms with van der Waals surface area (Å²) in [5, 5.41) is 1.17. The zero-order valence-electron chi connectivity index (χ0n) is 9.83. The number of ether oxygens (including phenoxy) is 1. The van der Waals surface area contributed by atoms with E-state index in [4.69, 9.17) is 27.9 Å². The Balaban J connectivity index is 2.03. The third-order valence-corrected chi connectivity index (χ3v) is 3.44. The Morgan fingerprint density at radius 2 is 2.18 bits per heavy atom. The average Bonchev–Trinajstić information content (AvgIpc) is 3.13. The second-order valence-corrected chi connectivity index (χ2v) is 5.05. The first-order chi connectivity index (χ1) is 8.20. The van der Waals surface area contributed by atoms with Gasteiger partial charge in [-0.15, -0.1) is 0 Å². The van der Waals surface area contributed by atoms with Crippen molar-refractivity contribution in [1.29, 1.82) is 0 Å². The third-order valence-electron chi connectivity index (χ3n) is 2.88. The number of aromatic nitrogens is 1. The second kappa shape index (κ2) is 6.01. The van der Waals surface area contributed by atoms with E-state index >= 15 is 0 Å². The van der Waals surface area contributed by atoms with Crippen LogP contribution in [0, 0.1) is 0 Å². The van der Waals surface area contributed by atoms with Crippen LogP contribution < -0.4 is 0 Å². The van der Waals surface area contributed by atoms with Gasteiger partial charge in [0.05, 0.1) is 17.3 Å². The van der Waals surface area contributed by atoms with Gasteiger partial charge in [0.25, 0.3) is 0 Å². The molecule has 0 amide bonds. The quantitative estimate of drug-likeness (QED) is 0.746. The number of halogens is 2. The Hall–Kier alpha value is -0.350. The van der Waals surface area contributed by atoms with Crippen LogP contribution in [0.5, 0.6) is 0 Å². The molecule has 1 aliphatic carbocycles. The smallest absolute Gasteiger partial charge is 0.129 e. The van der Waals surface area contributed by atoms with Gasteiger partial charge in [-0.05, 0) is 25.0 Å². The number of rotatable bonds is 6. The van der Waals surface area contributed by atoms with Crippen molar-refractivity contribution in [1.82, 2.24) is 9.88 Å². The molecule has 0 unspecified atom stereocenters. The molecule has 5 heteroatoms. The molecule has 1 aromatic rings. The SMILES string of the molecule is COCCN(Cc1nc(Cl)ccc1Cl)C1CC1. The molecule has 1 fully saturated rings. The highest BCUT2D eigenvalue weighted by molar-refractivity contribution is 6.32. The number of hydrogen-bond donors (Lipinski definition) is 0. The summed E-state index contributed by atoms with van der Waals surface area (Å²) >= 11 is 12.0. The van der Waals surface area contributed by atoms with E-state index in [9.17, 15) is 0 Å². The van der Waals surface area contributed by atoms with Gasteiger partial charge in [-0.2, -0.15) is 0 Å². The van der Waals surface area contributed by atoms with Crippen molar-refractivity contribution in [2.24, 2.45) is 0 Å². The van der Waals surface area contributed by atoms with E-state index in [1.54, 1.807) is 19.2 Å². The van der Waals surface area contributed by atoms with E-state index in [2.05, 4.69) is 9.88 Å². The maximum absolute atomic E-state index is 6.12. The Labute approximate surface area is 112 Å². The van der Waals surface area contributed by atoms with Crippen molar-refractivity contribution < 1.29 is 4.74 Å². The van der Waals surface area contributed by atoms with Gasteiger partial charge in [-0.25, -0.2) is 4.98 Å². The Morgan fingerprint density at radius 1 is 1.41 bits per heavy atom. The first-order valence-corrected chi connectivity index (χ1v) is 6.50. The lowest BCUT2D eigenvalue weighted by molar-refractivity contribution is 0.139. The van der Waals surface area contributed by atoms with Crippen molar-refractivity contribution in [2.45, 2.75) is 25.4 Å². The van der Waals surface area contributed by atoms with Crippen molar-refractivity contribution in [3.05, 3.63) is 28.0 Å². The van der Waals surface area contributed by atoms with Crippen LogP contribution in [0.4, 0.5) is 0 Å². The molecule has 1 aromatic heterocycles. The fourth-order valence-electron chi connectivity index (χ4n) is 1.80. The number of pyridine rings is 1. The predicted octanol–water partition coefficient (Wildman–Crippen LogP) is 3.00. The highest BCUT2D eigenvalue weighted by atomic mass is 35.5. The molecule has 0 radical (unpaired) electrons. The van der Waals surface area contributed by atoms with E-state index in [1.165, 1.54) is 12.8 Å². The second-order valence-electron chi connectivity index (χ2n) is 4.26. The molecule has 0 bridgehead atoms. The zero-order valence-corrected chi connectivity index (χ0v) is 11.3. The summed E-state index contributed by atoms with van der Waals surface area (Å²) in [6.07, 6.45) is 2.50. The summed E-state index contributed by atoms with van der Waals surface area (Å²) in [7, 11) is 1.72. The minimum atomic E-state index is 0.492. The van der Waals surface area contributed by atoms with Crippen molar-refractivity contribution in [3.63, 3.8) is 0 Å². The Bertz CT molecular complexity index is 383. The van der Waals surface area contributed by atoms with Crippen LogP contribution in [0.2, 0.25) is 10.2 Å². The number of methoxy groups -OCH3 is 1. The molecule has 94 valence electrons. The molecular formula is C12H16Cl2N2O. The lowest BCUT2D eigenvalue weighted by Gasteiger charge is -2.21. The first kappa shape index (κ1) is 13.1. The van der Waals surface area contributed by atoms with E-state index in [-0.39, 0.29) is 0 Å².